The molecule has 0 radical (unpaired) electrons. The number of sulfonamides is 1. The van der Waals surface area contributed by atoms with E-state index in [1.165, 1.54) is 11.3 Å². The summed E-state index contributed by atoms with van der Waals surface area (Å²) in [5.74, 6) is 0.195. The molecule has 0 aliphatic rings. The summed E-state index contributed by atoms with van der Waals surface area (Å²) in [7, 11) is -3.58. The second kappa shape index (κ2) is 6.95. The molecule has 130 valence electrons. The number of aryl methyl sites for hydroxylation is 2. The van der Waals surface area contributed by atoms with E-state index in [4.69, 9.17) is 0 Å². The SMILES string of the molecule is Cc1ccc(S(=O)(=O)NCc2nc(-c3ccc(O)cc3)cs2)cc1C. The van der Waals surface area contributed by atoms with Crippen LogP contribution in [0, 0.1) is 13.8 Å². The van der Waals surface area contributed by atoms with Gasteiger partial charge in [0.2, 0.25) is 10.0 Å². The van der Waals surface area contributed by atoms with Crippen LogP contribution in [0.3, 0.4) is 0 Å². The Bertz CT molecular complexity index is 993. The highest BCUT2D eigenvalue weighted by Crippen LogP contribution is 2.24. The van der Waals surface area contributed by atoms with E-state index >= 15 is 0 Å². The van der Waals surface area contributed by atoms with Gasteiger partial charge in [0.1, 0.15) is 10.8 Å². The zero-order valence-electron chi connectivity index (χ0n) is 13.9. The predicted molar refractivity (Wildman–Crippen MR) is 99.2 cm³/mol. The van der Waals surface area contributed by atoms with Gasteiger partial charge in [-0.3, -0.25) is 0 Å². The molecule has 0 amide bonds. The molecule has 0 atom stereocenters. The van der Waals surface area contributed by atoms with Crippen LogP contribution in [0.1, 0.15) is 16.1 Å². The van der Waals surface area contributed by atoms with Gasteiger partial charge in [-0.2, -0.15) is 0 Å². The number of phenolic OH excluding ortho intramolecular Hbond substituents is 1. The van der Waals surface area contributed by atoms with Crippen molar-refractivity contribution in [3.8, 4) is 17.0 Å². The van der Waals surface area contributed by atoms with Crippen molar-refractivity contribution in [2.24, 2.45) is 0 Å². The van der Waals surface area contributed by atoms with E-state index in [1.54, 1.807) is 42.5 Å². The van der Waals surface area contributed by atoms with Crippen molar-refractivity contribution < 1.29 is 13.5 Å². The molecular formula is C18H18N2O3S2. The van der Waals surface area contributed by atoms with Gasteiger partial charge in [0.15, 0.2) is 0 Å². The van der Waals surface area contributed by atoms with E-state index in [0.29, 0.717) is 5.01 Å². The number of hydrogen-bond donors (Lipinski definition) is 2. The number of nitrogens with zero attached hydrogens (tertiary/aromatic N) is 1. The first-order chi connectivity index (χ1) is 11.8. The second-order valence-electron chi connectivity index (χ2n) is 5.74. The summed E-state index contributed by atoms with van der Waals surface area (Å²) in [6.45, 7) is 3.97. The van der Waals surface area contributed by atoms with Crippen LogP contribution < -0.4 is 4.72 Å². The van der Waals surface area contributed by atoms with Gasteiger partial charge in [-0.15, -0.1) is 11.3 Å². The quantitative estimate of drug-likeness (QED) is 0.715. The Morgan fingerprint density at radius 3 is 2.48 bits per heavy atom. The summed E-state index contributed by atoms with van der Waals surface area (Å²) in [5, 5.41) is 11.9. The minimum absolute atomic E-state index is 0.137. The fourth-order valence-corrected chi connectivity index (χ4v) is 4.18. The molecule has 0 saturated carbocycles. The van der Waals surface area contributed by atoms with Crippen LogP contribution in [-0.2, 0) is 16.6 Å². The summed E-state index contributed by atoms with van der Waals surface area (Å²) in [5.41, 5.74) is 3.62. The van der Waals surface area contributed by atoms with Crippen LogP contribution >= 0.6 is 11.3 Å². The third-order valence-electron chi connectivity index (χ3n) is 3.92. The minimum Gasteiger partial charge on any atom is -0.508 e. The largest absolute Gasteiger partial charge is 0.508 e. The van der Waals surface area contributed by atoms with Crippen LogP contribution in [-0.4, -0.2) is 18.5 Å². The maximum absolute atomic E-state index is 12.4. The second-order valence-corrected chi connectivity index (χ2v) is 8.45. The molecule has 1 aromatic heterocycles. The number of aromatic hydroxyl groups is 1. The molecule has 0 spiro atoms. The van der Waals surface area contributed by atoms with E-state index in [9.17, 15) is 13.5 Å². The monoisotopic (exact) mass is 374 g/mol. The van der Waals surface area contributed by atoms with Crippen molar-refractivity contribution in [2.45, 2.75) is 25.3 Å². The van der Waals surface area contributed by atoms with E-state index in [2.05, 4.69) is 9.71 Å². The summed E-state index contributed by atoms with van der Waals surface area (Å²) < 4.78 is 27.4. The Kier molecular flexibility index (Phi) is 4.89. The average Bonchev–Trinajstić information content (AvgIpc) is 3.05. The number of nitrogens with one attached hydrogen (secondary N) is 1. The average molecular weight is 374 g/mol. The minimum atomic E-state index is -3.58. The smallest absolute Gasteiger partial charge is 0.240 e. The lowest BCUT2D eigenvalue weighted by Gasteiger charge is -2.07. The van der Waals surface area contributed by atoms with Crippen molar-refractivity contribution in [1.82, 2.24) is 9.71 Å². The molecule has 2 aromatic carbocycles. The highest BCUT2D eigenvalue weighted by molar-refractivity contribution is 7.89. The van der Waals surface area contributed by atoms with E-state index < -0.39 is 10.0 Å². The molecule has 5 nitrogen and oxygen atoms in total. The summed E-state index contributed by atoms with van der Waals surface area (Å²) in [4.78, 5) is 4.70. The first-order valence-corrected chi connectivity index (χ1v) is 10.0. The number of thiazole rings is 1. The van der Waals surface area contributed by atoms with Crippen LogP contribution in [0.2, 0.25) is 0 Å². The van der Waals surface area contributed by atoms with Crippen molar-refractivity contribution in [1.29, 1.82) is 0 Å². The molecule has 0 bridgehead atoms. The van der Waals surface area contributed by atoms with Gasteiger partial charge in [-0.1, -0.05) is 6.07 Å². The first-order valence-electron chi connectivity index (χ1n) is 7.66. The molecular weight excluding hydrogens is 356 g/mol. The van der Waals surface area contributed by atoms with Gasteiger partial charge in [0.05, 0.1) is 17.1 Å². The van der Waals surface area contributed by atoms with Gasteiger partial charge in [-0.05, 0) is 61.4 Å². The van der Waals surface area contributed by atoms with Gasteiger partial charge in [0.25, 0.3) is 0 Å². The number of hydrogen-bond acceptors (Lipinski definition) is 5. The summed E-state index contributed by atoms with van der Waals surface area (Å²) in [6, 6.07) is 11.8. The van der Waals surface area contributed by atoms with E-state index in [0.717, 1.165) is 22.4 Å². The lowest BCUT2D eigenvalue weighted by Crippen LogP contribution is -2.23. The third-order valence-corrected chi connectivity index (χ3v) is 6.16. The van der Waals surface area contributed by atoms with E-state index in [-0.39, 0.29) is 17.2 Å². The van der Waals surface area contributed by atoms with Crippen molar-refractivity contribution in [2.75, 3.05) is 0 Å². The van der Waals surface area contributed by atoms with Crippen LogP contribution in [0.5, 0.6) is 5.75 Å². The number of phenols is 1. The normalized spacial score (nSPS) is 11.6. The fourth-order valence-electron chi connectivity index (χ4n) is 2.28. The Morgan fingerprint density at radius 2 is 1.80 bits per heavy atom. The molecule has 7 heteroatoms. The standard InChI is InChI=1S/C18H18N2O3S2/c1-12-3-8-16(9-13(12)2)25(22,23)19-10-18-20-17(11-24-18)14-4-6-15(21)7-5-14/h3-9,11,19,21H,10H2,1-2H3. The lowest BCUT2D eigenvalue weighted by molar-refractivity contribution is 0.475. The topological polar surface area (TPSA) is 79.3 Å². The molecule has 0 saturated heterocycles. The van der Waals surface area contributed by atoms with Crippen molar-refractivity contribution in [3.05, 3.63) is 64.0 Å². The molecule has 0 aliphatic heterocycles. The van der Waals surface area contributed by atoms with Crippen molar-refractivity contribution in [3.63, 3.8) is 0 Å². The Balaban J connectivity index is 1.73. The van der Waals surface area contributed by atoms with Crippen LogP contribution in [0.15, 0.2) is 52.7 Å². The Labute approximate surface area is 151 Å². The molecule has 1 heterocycles. The maximum atomic E-state index is 12.4. The molecule has 0 unspecified atom stereocenters. The molecule has 3 rings (SSSR count). The van der Waals surface area contributed by atoms with Gasteiger partial charge < -0.3 is 5.11 Å². The fraction of sp³-hybridized carbons (Fsp3) is 0.167. The molecule has 3 aromatic rings. The molecule has 0 fully saturated rings. The summed E-state index contributed by atoms with van der Waals surface area (Å²) >= 11 is 1.39. The van der Waals surface area contributed by atoms with Crippen LogP contribution in [0.25, 0.3) is 11.3 Å². The predicted octanol–water partition coefficient (Wildman–Crippen LogP) is 3.61. The Hall–Kier alpha value is -2.22. The highest BCUT2D eigenvalue weighted by Gasteiger charge is 2.15. The van der Waals surface area contributed by atoms with Gasteiger partial charge >= 0.3 is 0 Å². The van der Waals surface area contributed by atoms with Crippen LogP contribution in [0.4, 0.5) is 0 Å². The molecule has 25 heavy (non-hydrogen) atoms. The first kappa shape index (κ1) is 17.6. The third kappa shape index (κ3) is 4.07. The zero-order chi connectivity index (χ0) is 18.0. The van der Waals surface area contributed by atoms with Crippen molar-refractivity contribution >= 4 is 21.4 Å². The number of aromatic nitrogens is 1. The molecule has 0 aliphatic carbocycles. The van der Waals surface area contributed by atoms with Gasteiger partial charge in [-0.25, -0.2) is 18.1 Å². The highest BCUT2D eigenvalue weighted by atomic mass is 32.2. The molecule has 2 N–H and O–H groups in total. The van der Waals surface area contributed by atoms with E-state index in [1.807, 2.05) is 19.2 Å². The number of benzene rings is 2. The zero-order valence-corrected chi connectivity index (χ0v) is 15.5. The Morgan fingerprint density at radius 1 is 1.08 bits per heavy atom. The van der Waals surface area contributed by atoms with Gasteiger partial charge in [0, 0.05) is 10.9 Å². The summed E-state index contributed by atoms with van der Waals surface area (Å²) in [6.07, 6.45) is 0. The lowest BCUT2D eigenvalue weighted by atomic mass is 10.1. The number of rotatable bonds is 5. The maximum Gasteiger partial charge on any atom is 0.240 e.